The molecule has 1 fully saturated rings. The first kappa shape index (κ1) is 14.7. The van der Waals surface area contributed by atoms with E-state index in [0.29, 0.717) is 0 Å². The Morgan fingerprint density at radius 2 is 2.00 bits per heavy atom. The quantitative estimate of drug-likeness (QED) is 0.472. The third kappa shape index (κ3) is 3.88. The van der Waals surface area contributed by atoms with Gasteiger partial charge in [0.05, 0.1) is 4.92 Å². The SMILES string of the molecule is NCCCCN1CCN(c2ccc([N+](=O)[O-])cn2)CC1. The summed E-state index contributed by atoms with van der Waals surface area (Å²) in [6.07, 6.45) is 3.54. The Morgan fingerprint density at radius 1 is 1.25 bits per heavy atom. The lowest BCUT2D eigenvalue weighted by molar-refractivity contribution is -0.385. The van der Waals surface area contributed by atoms with Crippen molar-refractivity contribution in [2.75, 3.05) is 44.2 Å². The maximum atomic E-state index is 10.6. The number of pyridine rings is 1. The van der Waals surface area contributed by atoms with Crippen LogP contribution in [0.25, 0.3) is 0 Å². The molecule has 7 heteroatoms. The standard InChI is InChI=1S/C13H21N5O2/c14-5-1-2-6-16-7-9-17(10-8-16)13-4-3-12(11-15-13)18(19)20/h3-4,11H,1-2,5-10,14H2. The number of unbranched alkanes of at least 4 members (excludes halogenated alkanes) is 1. The van der Waals surface area contributed by atoms with Crippen LogP contribution in [-0.2, 0) is 0 Å². The van der Waals surface area contributed by atoms with Crippen LogP contribution < -0.4 is 10.6 Å². The van der Waals surface area contributed by atoms with Gasteiger partial charge in [0.15, 0.2) is 0 Å². The number of nitrogens with zero attached hydrogens (tertiary/aromatic N) is 4. The van der Waals surface area contributed by atoms with Gasteiger partial charge in [-0.15, -0.1) is 0 Å². The minimum absolute atomic E-state index is 0.0363. The van der Waals surface area contributed by atoms with E-state index < -0.39 is 4.92 Å². The molecule has 1 aliphatic heterocycles. The number of anilines is 1. The molecule has 0 bridgehead atoms. The fraction of sp³-hybridized carbons (Fsp3) is 0.615. The molecule has 1 aliphatic rings. The van der Waals surface area contributed by atoms with E-state index in [4.69, 9.17) is 5.73 Å². The third-order valence-electron chi connectivity index (χ3n) is 3.57. The third-order valence-corrected chi connectivity index (χ3v) is 3.57. The van der Waals surface area contributed by atoms with E-state index in [1.165, 1.54) is 12.3 Å². The minimum Gasteiger partial charge on any atom is -0.354 e. The lowest BCUT2D eigenvalue weighted by Crippen LogP contribution is -2.46. The first-order valence-corrected chi connectivity index (χ1v) is 6.98. The Labute approximate surface area is 118 Å². The number of hydrogen-bond donors (Lipinski definition) is 1. The van der Waals surface area contributed by atoms with Crippen molar-refractivity contribution in [1.29, 1.82) is 0 Å². The van der Waals surface area contributed by atoms with Crippen LogP contribution in [0.2, 0.25) is 0 Å². The summed E-state index contributed by atoms with van der Waals surface area (Å²) >= 11 is 0. The average Bonchev–Trinajstić information content (AvgIpc) is 2.48. The number of rotatable bonds is 6. The van der Waals surface area contributed by atoms with E-state index in [1.54, 1.807) is 6.07 Å². The largest absolute Gasteiger partial charge is 0.354 e. The maximum Gasteiger partial charge on any atom is 0.287 e. The van der Waals surface area contributed by atoms with Gasteiger partial charge in [-0.2, -0.15) is 0 Å². The molecule has 0 radical (unpaired) electrons. The van der Waals surface area contributed by atoms with E-state index in [-0.39, 0.29) is 5.69 Å². The summed E-state index contributed by atoms with van der Waals surface area (Å²) in [4.78, 5) is 18.9. The molecule has 1 aromatic heterocycles. The van der Waals surface area contributed by atoms with Crippen molar-refractivity contribution in [1.82, 2.24) is 9.88 Å². The maximum absolute atomic E-state index is 10.6. The Hall–Kier alpha value is -1.73. The van der Waals surface area contributed by atoms with Crippen molar-refractivity contribution in [2.45, 2.75) is 12.8 Å². The predicted molar refractivity (Wildman–Crippen MR) is 77.8 cm³/mol. The van der Waals surface area contributed by atoms with Crippen molar-refractivity contribution in [2.24, 2.45) is 5.73 Å². The summed E-state index contributed by atoms with van der Waals surface area (Å²) in [7, 11) is 0. The summed E-state index contributed by atoms with van der Waals surface area (Å²) in [5.74, 6) is 0.817. The predicted octanol–water partition coefficient (Wildman–Crippen LogP) is 0.851. The summed E-state index contributed by atoms with van der Waals surface area (Å²) in [5, 5.41) is 10.6. The van der Waals surface area contributed by atoms with E-state index in [9.17, 15) is 10.1 Å². The number of hydrogen-bond acceptors (Lipinski definition) is 6. The molecular formula is C13H21N5O2. The van der Waals surface area contributed by atoms with Crippen LogP contribution in [0.3, 0.4) is 0 Å². The molecule has 0 aliphatic carbocycles. The lowest BCUT2D eigenvalue weighted by Gasteiger charge is -2.35. The van der Waals surface area contributed by atoms with Crippen LogP contribution in [0.4, 0.5) is 11.5 Å². The molecule has 110 valence electrons. The molecule has 1 aromatic rings. The first-order valence-electron chi connectivity index (χ1n) is 6.98. The van der Waals surface area contributed by atoms with Crippen LogP contribution in [0.1, 0.15) is 12.8 Å². The Balaban J connectivity index is 1.82. The number of nitro groups is 1. The van der Waals surface area contributed by atoms with Crippen molar-refractivity contribution in [3.63, 3.8) is 0 Å². The zero-order chi connectivity index (χ0) is 14.4. The van der Waals surface area contributed by atoms with Gasteiger partial charge in [-0.25, -0.2) is 4.98 Å². The highest BCUT2D eigenvalue weighted by Gasteiger charge is 2.18. The van der Waals surface area contributed by atoms with Gasteiger partial charge < -0.3 is 10.6 Å². The number of piperazine rings is 1. The van der Waals surface area contributed by atoms with Crippen LogP contribution >= 0.6 is 0 Å². The molecule has 0 spiro atoms. The smallest absolute Gasteiger partial charge is 0.287 e. The van der Waals surface area contributed by atoms with Crippen molar-refractivity contribution < 1.29 is 4.92 Å². The van der Waals surface area contributed by atoms with E-state index in [0.717, 1.165) is 57.9 Å². The first-order chi connectivity index (χ1) is 9.70. The van der Waals surface area contributed by atoms with Gasteiger partial charge in [-0.05, 0) is 32.0 Å². The highest BCUT2D eigenvalue weighted by molar-refractivity contribution is 5.43. The topological polar surface area (TPSA) is 88.5 Å². The molecule has 0 atom stereocenters. The van der Waals surface area contributed by atoms with Crippen molar-refractivity contribution in [3.05, 3.63) is 28.4 Å². The Bertz CT molecular complexity index is 429. The Morgan fingerprint density at radius 3 is 2.55 bits per heavy atom. The second-order valence-electron chi connectivity index (χ2n) is 4.96. The second kappa shape index (κ2) is 7.16. The summed E-state index contributed by atoms with van der Waals surface area (Å²) < 4.78 is 0. The molecule has 0 amide bonds. The van der Waals surface area contributed by atoms with E-state index >= 15 is 0 Å². The molecule has 2 rings (SSSR count). The normalized spacial score (nSPS) is 16.4. The number of nitrogens with two attached hydrogens (primary N) is 1. The molecule has 1 saturated heterocycles. The summed E-state index contributed by atoms with van der Waals surface area (Å²) in [6.45, 7) is 5.68. The fourth-order valence-corrected chi connectivity index (χ4v) is 2.35. The van der Waals surface area contributed by atoms with Crippen LogP contribution in [0.5, 0.6) is 0 Å². The summed E-state index contributed by atoms with van der Waals surface area (Å²) in [5.41, 5.74) is 5.53. The van der Waals surface area contributed by atoms with Gasteiger partial charge in [0, 0.05) is 32.2 Å². The van der Waals surface area contributed by atoms with Gasteiger partial charge in [0.1, 0.15) is 12.0 Å². The van der Waals surface area contributed by atoms with E-state index in [1.807, 2.05) is 0 Å². The van der Waals surface area contributed by atoms with Gasteiger partial charge >= 0.3 is 0 Å². The van der Waals surface area contributed by atoms with Crippen molar-refractivity contribution >= 4 is 11.5 Å². The molecule has 0 saturated carbocycles. The molecule has 20 heavy (non-hydrogen) atoms. The molecule has 2 N–H and O–H groups in total. The molecule has 0 unspecified atom stereocenters. The van der Waals surface area contributed by atoms with Gasteiger partial charge in [0.2, 0.25) is 0 Å². The zero-order valence-corrected chi connectivity index (χ0v) is 11.6. The van der Waals surface area contributed by atoms with Gasteiger partial charge in [-0.3, -0.25) is 15.0 Å². The highest BCUT2D eigenvalue weighted by Crippen LogP contribution is 2.17. The molecule has 0 aromatic carbocycles. The van der Waals surface area contributed by atoms with Gasteiger partial charge in [0.25, 0.3) is 5.69 Å². The summed E-state index contributed by atoms with van der Waals surface area (Å²) in [6, 6.07) is 3.23. The van der Waals surface area contributed by atoms with E-state index in [2.05, 4.69) is 14.8 Å². The molecule has 2 heterocycles. The van der Waals surface area contributed by atoms with Crippen LogP contribution in [0.15, 0.2) is 18.3 Å². The molecular weight excluding hydrogens is 258 g/mol. The van der Waals surface area contributed by atoms with Gasteiger partial charge in [-0.1, -0.05) is 0 Å². The fourth-order valence-electron chi connectivity index (χ4n) is 2.35. The lowest BCUT2D eigenvalue weighted by atomic mass is 10.2. The number of aromatic nitrogens is 1. The molecule has 7 nitrogen and oxygen atoms in total. The van der Waals surface area contributed by atoms with Crippen molar-refractivity contribution in [3.8, 4) is 0 Å². The zero-order valence-electron chi connectivity index (χ0n) is 11.6. The highest BCUT2D eigenvalue weighted by atomic mass is 16.6. The van der Waals surface area contributed by atoms with Crippen LogP contribution in [-0.4, -0.2) is 54.1 Å². The minimum atomic E-state index is -0.424. The second-order valence-corrected chi connectivity index (χ2v) is 4.96. The Kier molecular flexibility index (Phi) is 5.25. The monoisotopic (exact) mass is 279 g/mol. The average molecular weight is 279 g/mol. The van der Waals surface area contributed by atoms with Crippen LogP contribution in [0, 0.1) is 10.1 Å².